The minimum absolute atomic E-state index is 0.409. The number of rotatable bonds is 6. The molecule has 1 heterocycles. The Morgan fingerprint density at radius 2 is 1.82 bits per heavy atom. The van der Waals surface area contributed by atoms with Crippen molar-refractivity contribution in [2.45, 2.75) is 25.9 Å². The highest BCUT2D eigenvalue weighted by molar-refractivity contribution is 5.65. The zero-order chi connectivity index (χ0) is 13.1. The topological polar surface area (TPSA) is 117 Å². The maximum absolute atomic E-state index is 9.25. The summed E-state index contributed by atoms with van der Waals surface area (Å²) in [6, 6.07) is 0. The first-order valence-corrected chi connectivity index (χ1v) is 5.47. The van der Waals surface area contributed by atoms with Gasteiger partial charge in [-0.1, -0.05) is 0 Å². The van der Waals surface area contributed by atoms with Gasteiger partial charge in [-0.2, -0.15) is 5.10 Å². The third kappa shape index (κ3) is 2.51. The first-order chi connectivity index (χ1) is 8.03. The maximum Gasteiger partial charge on any atom is 0.148 e. The quantitative estimate of drug-likeness (QED) is 0.434. The number of aliphatic hydroxyl groups is 3. The molecule has 1 rings (SSSR count). The lowest BCUT2D eigenvalue weighted by Crippen LogP contribution is -2.49. The second-order valence-electron chi connectivity index (χ2n) is 4.04. The van der Waals surface area contributed by atoms with Crippen LogP contribution in [-0.2, 0) is 6.54 Å². The minimum atomic E-state index is -1.20. The predicted octanol–water partition coefficient (Wildman–Crippen LogP) is -1.08. The van der Waals surface area contributed by atoms with Crippen LogP contribution in [0.15, 0.2) is 0 Å². The molecule has 0 aliphatic rings. The van der Waals surface area contributed by atoms with Crippen LogP contribution in [0.2, 0.25) is 0 Å². The van der Waals surface area contributed by atoms with Gasteiger partial charge in [0.2, 0.25) is 0 Å². The van der Waals surface area contributed by atoms with Crippen molar-refractivity contribution in [2.75, 3.05) is 30.9 Å². The summed E-state index contributed by atoms with van der Waals surface area (Å²) in [5, 5.41) is 34.8. The van der Waals surface area contributed by atoms with E-state index in [0.29, 0.717) is 23.7 Å². The molecule has 0 saturated heterocycles. The molecule has 0 atom stereocenters. The van der Waals surface area contributed by atoms with Crippen molar-refractivity contribution in [3.8, 4) is 0 Å². The number of aliphatic hydroxyl groups excluding tert-OH is 3. The monoisotopic (exact) mass is 244 g/mol. The SMILES string of the molecule is CCn1nc(C)c(N)c1NC(CO)(CO)CO. The molecule has 0 amide bonds. The molecule has 1 aromatic rings. The molecule has 1 aromatic heterocycles. The second kappa shape index (κ2) is 5.35. The van der Waals surface area contributed by atoms with Gasteiger partial charge in [0.25, 0.3) is 0 Å². The Hall–Kier alpha value is -1.31. The fourth-order valence-corrected chi connectivity index (χ4v) is 1.48. The number of nitrogen functional groups attached to an aromatic ring is 1. The van der Waals surface area contributed by atoms with E-state index in [1.54, 1.807) is 11.6 Å². The van der Waals surface area contributed by atoms with Crippen molar-refractivity contribution < 1.29 is 15.3 Å². The fourth-order valence-electron chi connectivity index (χ4n) is 1.48. The molecule has 6 N–H and O–H groups in total. The van der Waals surface area contributed by atoms with Crippen LogP contribution in [0.4, 0.5) is 11.5 Å². The normalized spacial score (nSPS) is 11.8. The maximum atomic E-state index is 9.25. The van der Waals surface area contributed by atoms with Crippen LogP contribution in [0.3, 0.4) is 0 Å². The van der Waals surface area contributed by atoms with Gasteiger partial charge in [0.15, 0.2) is 0 Å². The summed E-state index contributed by atoms with van der Waals surface area (Å²) in [4.78, 5) is 0. The van der Waals surface area contributed by atoms with Gasteiger partial charge in [-0.05, 0) is 13.8 Å². The fraction of sp³-hybridized carbons (Fsp3) is 0.700. The predicted molar refractivity (Wildman–Crippen MR) is 64.7 cm³/mol. The Balaban J connectivity index is 3.08. The van der Waals surface area contributed by atoms with E-state index in [0.717, 1.165) is 0 Å². The van der Waals surface area contributed by atoms with Crippen molar-refractivity contribution in [3.63, 3.8) is 0 Å². The summed E-state index contributed by atoms with van der Waals surface area (Å²) in [5.41, 5.74) is 5.77. The van der Waals surface area contributed by atoms with Crippen LogP contribution >= 0.6 is 0 Å². The van der Waals surface area contributed by atoms with Crippen molar-refractivity contribution in [2.24, 2.45) is 0 Å². The Bertz CT molecular complexity index is 366. The molecule has 0 aromatic carbocycles. The summed E-state index contributed by atoms with van der Waals surface area (Å²) in [5.74, 6) is 0.502. The summed E-state index contributed by atoms with van der Waals surface area (Å²) in [6.07, 6.45) is 0. The first-order valence-electron chi connectivity index (χ1n) is 5.47. The van der Waals surface area contributed by atoms with Crippen LogP contribution < -0.4 is 11.1 Å². The lowest BCUT2D eigenvalue weighted by Gasteiger charge is -2.30. The van der Waals surface area contributed by atoms with E-state index in [2.05, 4.69) is 10.4 Å². The highest BCUT2D eigenvalue weighted by atomic mass is 16.3. The standard InChI is InChI=1S/C10H20N4O3/c1-3-14-9(8(11)7(2)13-14)12-10(4-15,5-16)6-17/h12,15-17H,3-6,11H2,1-2H3. The molecular weight excluding hydrogens is 224 g/mol. The Labute approximate surface area is 99.9 Å². The molecule has 0 radical (unpaired) electrons. The lowest BCUT2D eigenvalue weighted by molar-refractivity contribution is 0.0828. The van der Waals surface area contributed by atoms with Gasteiger partial charge < -0.3 is 26.4 Å². The van der Waals surface area contributed by atoms with E-state index < -0.39 is 25.4 Å². The van der Waals surface area contributed by atoms with Crippen LogP contribution in [0.5, 0.6) is 0 Å². The van der Waals surface area contributed by atoms with Crippen LogP contribution in [-0.4, -0.2) is 50.5 Å². The average Bonchev–Trinajstić information content (AvgIpc) is 2.63. The Morgan fingerprint density at radius 3 is 2.24 bits per heavy atom. The summed E-state index contributed by atoms with van der Waals surface area (Å²) >= 11 is 0. The number of nitrogens with two attached hydrogens (primary N) is 1. The smallest absolute Gasteiger partial charge is 0.148 e. The number of nitrogens with zero attached hydrogens (tertiary/aromatic N) is 2. The minimum Gasteiger partial charge on any atom is -0.394 e. The van der Waals surface area contributed by atoms with E-state index in [1.807, 2.05) is 6.92 Å². The molecule has 0 aliphatic heterocycles. The third-order valence-electron chi connectivity index (χ3n) is 2.76. The van der Waals surface area contributed by atoms with Gasteiger partial charge in [0, 0.05) is 6.54 Å². The molecule has 0 bridgehead atoms. The molecule has 0 spiro atoms. The number of hydrogen-bond acceptors (Lipinski definition) is 6. The van der Waals surface area contributed by atoms with Gasteiger partial charge in [-0.3, -0.25) is 0 Å². The first kappa shape index (κ1) is 13.8. The number of aromatic nitrogens is 2. The number of anilines is 2. The van der Waals surface area contributed by atoms with Gasteiger partial charge in [0.1, 0.15) is 11.4 Å². The van der Waals surface area contributed by atoms with Crippen LogP contribution in [0, 0.1) is 6.92 Å². The lowest BCUT2D eigenvalue weighted by atomic mass is 10.0. The summed E-state index contributed by atoms with van der Waals surface area (Å²) in [6.45, 7) is 3.04. The zero-order valence-corrected chi connectivity index (χ0v) is 10.1. The molecule has 0 unspecified atom stereocenters. The van der Waals surface area contributed by atoms with Gasteiger partial charge in [0.05, 0.1) is 31.2 Å². The van der Waals surface area contributed by atoms with Crippen LogP contribution in [0.25, 0.3) is 0 Å². The molecule has 0 saturated carbocycles. The molecule has 98 valence electrons. The molecule has 0 fully saturated rings. The summed E-state index contributed by atoms with van der Waals surface area (Å²) in [7, 11) is 0. The van der Waals surface area contributed by atoms with E-state index in [1.165, 1.54) is 0 Å². The van der Waals surface area contributed by atoms with Crippen LogP contribution in [0.1, 0.15) is 12.6 Å². The van der Waals surface area contributed by atoms with Crippen molar-refractivity contribution in [3.05, 3.63) is 5.69 Å². The highest BCUT2D eigenvalue weighted by Gasteiger charge is 2.30. The van der Waals surface area contributed by atoms with Gasteiger partial charge in [-0.25, -0.2) is 4.68 Å². The van der Waals surface area contributed by atoms with E-state index in [4.69, 9.17) is 5.73 Å². The third-order valence-corrected chi connectivity index (χ3v) is 2.76. The van der Waals surface area contributed by atoms with E-state index in [-0.39, 0.29) is 0 Å². The largest absolute Gasteiger partial charge is 0.394 e. The molecule has 7 heteroatoms. The Morgan fingerprint density at radius 1 is 1.29 bits per heavy atom. The number of nitrogens with one attached hydrogen (secondary N) is 1. The molecular formula is C10H20N4O3. The van der Waals surface area contributed by atoms with Gasteiger partial charge in [-0.15, -0.1) is 0 Å². The van der Waals surface area contributed by atoms with E-state index in [9.17, 15) is 15.3 Å². The number of aryl methyl sites for hydroxylation is 2. The summed E-state index contributed by atoms with van der Waals surface area (Å²) < 4.78 is 1.63. The van der Waals surface area contributed by atoms with E-state index >= 15 is 0 Å². The van der Waals surface area contributed by atoms with Crippen molar-refractivity contribution in [1.29, 1.82) is 0 Å². The molecule has 0 aliphatic carbocycles. The molecule has 17 heavy (non-hydrogen) atoms. The van der Waals surface area contributed by atoms with Crippen molar-refractivity contribution in [1.82, 2.24) is 9.78 Å². The Kier molecular flexibility index (Phi) is 4.33. The average molecular weight is 244 g/mol. The second-order valence-corrected chi connectivity index (χ2v) is 4.04. The van der Waals surface area contributed by atoms with Crippen molar-refractivity contribution >= 4 is 11.5 Å². The highest BCUT2D eigenvalue weighted by Crippen LogP contribution is 2.25. The molecule has 7 nitrogen and oxygen atoms in total. The zero-order valence-electron chi connectivity index (χ0n) is 10.1. The number of hydrogen-bond donors (Lipinski definition) is 5. The van der Waals surface area contributed by atoms with Gasteiger partial charge >= 0.3 is 0 Å².